The molecule has 0 aliphatic rings. The molecule has 0 bridgehead atoms. The Labute approximate surface area is 161 Å². The molecule has 0 unspecified atom stereocenters. The fourth-order valence-electron chi connectivity index (χ4n) is 2.78. The molecule has 6 nitrogen and oxygen atoms in total. The fourth-order valence-corrected chi connectivity index (χ4v) is 2.78. The van der Waals surface area contributed by atoms with Crippen molar-refractivity contribution >= 4 is 28.5 Å². The first-order chi connectivity index (χ1) is 13.4. The van der Waals surface area contributed by atoms with Gasteiger partial charge in [0.25, 0.3) is 5.91 Å². The van der Waals surface area contributed by atoms with Gasteiger partial charge in [-0.2, -0.15) is 0 Å². The summed E-state index contributed by atoms with van der Waals surface area (Å²) in [5, 5.41) is 3.12. The highest BCUT2D eigenvalue weighted by atomic mass is 19.1. The van der Waals surface area contributed by atoms with Gasteiger partial charge in [-0.1, -0.05) is 17.7 Å². The Morgan fingerprint density at radius 1 is 1.11 bits per heavy atom. The first-order valence-electron chi connectivity index (χ1n) is 8.56. The van der Waals surface area contributed by atoms with Crippen LogP contribution in [-0.2, 0) is 9.53 Å². The van der Waals surface area contributed by atoms with Gasteiger partial charge in [-0.15, -0.1) is 0 Å². The van der Waals surface area contributed by atoms with E-state index in [1.807, 2.05) is 32.0 Å². The molecule has 0 aliphatic carbocycles. The number of aromatic nitrogens is 1. The summed E-state index contributed by atoms with van der Waals surface area (Å²) in [4.78, 5) is 28.3. The molecule has 3 rings (SSSR count). The average molecular weight is 382 g/mol. The minimum absolute atomic E-state index is 0.00592. The van der Waals surface area contributed by atoms with Gasteiger partial charge in [-0.25, -0.2) is 14.2 Å². The largest absolute Gasteiger partial charge is 0.483 e. The summed E-state index contributed by atoms with van der Waals surface area (Å²) in [6, 6.07) is 10.9. The number of rotatable bonds is 5. The summed E-state index contributed by atoms with van der Waals surface area (Å²) < 4.78 is 23.9. The first kappa shape index (κ1) is 19.3. The van der Waals surface area contributed by atoms with Crippen LogP contribution in [0.25, 0.3) is 10.9 Å². The molecule has 0 fully saturated rings. The normalized spacial score (nSPS) is 10.6. The lowest BCUT2D eigenvalue weighted by atomic mass is 10.1. The molecule has 0 atom stereocenters. The average Bonchev–Trinajstić information content (AvgIpc) is 2.67. The summed E-state index contributed by atoms with van der Waals surface area (Å²) in [6.45, 7) is 3.54. The lowest BCUT2D eigenvalue weighted by Crippen LogP contribution is -2.21. The second kappa shape index (κ2) is 8.04. The molecule has 2 aromatic carbocycles. The van der Waals surface area contributed by atoms with Crippen LogP contribution in [0.1, 0.15) is 21.6 Å². The maximum absolute atomic E-state index is 13.7. The van der Waals surface area contributed by atoms with Gasteiger partial charge in [0, 0.05) is 17.1 Å². The van der Waals surface area contributed by atoms with E-state index in [0.29, 0.717) is 16.6 Å². The van der Waals surface area contributed by atoms with Crippen LogP contribution in [0.5, 0.6) is 5.75 Å². The van der Waals surface area contributed by atoms with E-state index in [1.165, 1.54) is 31.4 Å². The van der Waals surface area contributed by atoms with Gasteiger partial charge < -0.3 is 14.8 Å². The maximum atomic E-state index is 13.7. The highest BCUT2D eigenvalue weighted by Crippen LogP contribution is 2.27. The quantitative estimate of drug-likeness (QED) is 0.679. The SMILES string of the molecule is COC(=O)c1cc(OCC(=O)Nc2ccc(C)cc2C)c2cc(F)ccc2n1. The molecular weight excluding hydrogens is 363 g/mol. The van der Waals surface area contributed by atoms with E-state index < -0.39 is 11.8 Å². The smallest absolute Gasteiger partial charge is 0.356 e. The lowest BCUT2D eigenvalue weighted by molar-refractivity contribution is -0.118. The number of halogens is 1. The highest BCUT2D eigenvalue weighted by Gasteiger charge is 2.15. The van der Waals surface area contributed by atoms with Crippen molar-refractivity contribution in [2.75, 3.05) is 19.0 Å². The van der Waals surface area contributed by atoms with Crippen LogP contribution in [0.3, 0.4) is 0 Å². The van der Waals surface area contributed by atoms with Crippen LogP contribution in [0, 0.1) is 19.7 Å². The van der Waals surface area contributed by atoms with Crippen molar-refractivity contribution in [3.8, 4) is 5.75 Å². The van der Waals surface area contributed by atoms with Gasteiger partial charge in [-0.05, 0) is 43.7 Å². The zero-order valence-electron chi connectivity index (χ0n) is 15.7. The van der Waals surface area contributed by atoms with Crippen LogP contribution >= 0.6 is 0 Å². The lowest BCUT2D eigenvalue weighted by Gasteiger charge is -2.12. The molecule has 7 heteroatoms. The molecular formula is C21H19FN2O4. The Kier molecular flexibility index (Phi) is 5.54. The number of ether oxygens (including phenoxy) is 2. The molecule has 0 saturated heterocycles. The van der Waals surface area contributed by atoms with Crippen molar-refractivity contribution in [3.05, 3.63) is 65.1 Å². The fraction of sp³-hybridized carbons (Fsp3) is 0.190. The summed E-state index contributed by atoms with van der Waals surface area (Å²) >= 11 is 0. The number of esters is 1. The van der Waals surface area contributed by atoms with E-state index in [-0.39, 0.29) is 24.0 Å². The Morgan fingerprint density at radius 2 is 1.89 bits per heavy atom. The van der Waals surface area contributed by atoms with E-state index in [1.54, 1.807) is 0 Å². The zero-order chi connectivity index (χ0) is 20.3. The summed E-state index contributed by atoms with van der Waals surface area (Å²) in [5.74, 6) is -1.35. The van der Waals surface area contributed by atoms with E-state index in [4.69, 9.17) is 4.74 Å². The molecule has 28 heavy (non-hydrogen) atoms. The molecule has 0 aliphatic heterocycles. The number of amides is 1. The minimum Gasteiger partial charge on any atom is -0.483 e. The minimum atomic E-state index is -0.657. The number of nitrogens with zero attached hydrogens (tertiary/aromatic N) is 1. The van der Waals surface area contributed by atoms with Crippen molar-refractivity contribution in [2.24, 2.45) is 0 Å². The molecule has 1 N–H and O–H groups in total. The van der Waals surface area contributed by atoms with Crippen molar-refractivity contribution in [2.45, 2.75) is 13.8 Å². The molecule has 0 spiro atoms. The van der Waals surface area contributed by atoms with Crippen molar-refractivity contribution in [1.82, 2.24) is 4.98 Å². The third-order valence-corrected chi connectivity index (χ3v) is 4.14. The second-order valence-electron chi connectivity index (χ2n) is 6.31. The predicted molar refractivity (Wildman–Crippen MR) is 103 cm³/mol. The summed E-state index contributed by atoms with van der Waals surface area (Å²) in [6.07, 6.45) is 0. The van der Waals surface area contributed by atoms with Crippen LogP contribution in [0.15, 0.2) is 42.5 Å². The zero-order valence-corrected chi connectivity index (χ0v) is 15.7. The molecule has 144 valence electrons. The van der Waals surface area contributed by atoms with E-state index in [9.17, 15) is 14.0 Å². The Balaban J connectivity index is 1.83. The maximum Gasteiger partial charge on any atom is 0.356 e. The van der Waals surface area contributed by atoms with Gasteiger partial charge in [-0.3, -0.25) is 4.79 Å². The van der Waals surface area contributed by atoms with Gasteiger partial charge in [0.05, 0.1) is 12.6 Å². The molecule has 1 amide bonds. The number of nitrogens with one attached hydrogen (secondary N) is 1. The summed E-state index contributed by atoms with van der Waals surface area (Å²) in [7, 11) is 1.23. The molecule has 0 saturated carbocycles. The van der Waals surface area contributed by atoms with Crippen LogP contribution in [0.4, 0.5) is 10.1 Å². The second-order valence-corrected chi connectivity index (χ2v) is 6.31. The van der Waals surface area contributed by atoms with Crippen molar-refractivity contribution in [3.63, 3.8) is 0 Å². The molecule has 1 heterocycles. The Morgan fingerprint density at radius 3 is 2.61 bits per heavy atom. The van der Waals surface area contributed by atoms with E-state index in [0.717, 1.165) is 11.1 Å². The number of hydrogen-bond acceptors (Lipinski definition) is 5. The topological polar surface area (TPSA) is 77.5 Å². The molecule has 3 aromatic rings. The third-order valence-electron chi connectivity index (χ3n) is 4.14. The Bertz CT molecular complexity index is 1070. The van der Waals surface area contributed by atoms with Crippen LogP contribution < -0.4 is 10.1 Å². The van der Waals surface area contributed by atoms with Gasteiger partial charge in [0.15, 0.2) is 12.3 Å². The predicted octanol–water partition coefficient (Wildman–Crippen LogP) is 3.79. The first-order valence-corrected chi connectivity index (χ1v) is 8.56. The number of carbonyl (C=O) groups excluding carboxylic acids is 2. The monoisotopic (exact) mass is 382 g/mol. The number of aryl methyl sites for hydroxylation is 2. The number of pyridine rings is 1. The van der Waals surface area contributed by atoms with Gasteiger partial charge in [0.2, 0.25) is 0 Å². The van der Waals surface area contributed by atoms with Crippen LogP contribution in [0.2, 0.25) is 0 Å². The van der Waals surface area contributed by atoms with Gasteiger partial charge in [0.1, 0.15) is 11.6 Å². The number of methoxy groups -OCH3 is 1. The Hall–Kier alpha value is -3.48. The number of carbonyl (C=O) groups is 2. The summed E-state index contributed by atoms with van der Waals surface area (Å²) in [5.41, 5.74) is 3.06. The number of fused-ring (bicyclic) bond motifs is 1. The molecule has 0 radical (unpaired) electrons. The van der Waals surface area contributed by atoms with Crippen LogP contribution in [-0.4, -0.2) is 30.6 Å². The van der Waals surface area contributed by atoms with Crippen molar-refractivity contribution < 1.29 is 23.5 Å². The van der Waals surface area contributed by atoms with Gasteiger partial charge >= 0.3 is 5.97 Å². The number of anilines is 1. The van der Waals surface area contributed by atoms with E-state index in [2.05, 4.69) is 15.0 Å². The third kappa shape index (κ3) is 4.25. The number of hydrogen-bond donors (Lipinski definition) is 1. The van der Waals surface area contributed by atoms with E-state index >= 15 is 0 Å². The standard InChI is InChI=1S/C21H19FN2O4/c1-12-4-6-16(13(2)8-12)24-20(25)11-28-19-10-18(21(26)27-3)23-17-7-5-14(22)9-15(17)19/h4-10H,11H2,1-3H3,(H,24,25). The highest BCUT2D eigenvalue weighted by molar-refractivity contribution is 5.95. The van der Waals surface area contributed by atoms with Crippen molar-refractivity contribution in [1.29, 1.82) is 0 Å². The molecule has 1 aromatic heterocycles. The number of benzene rings is 2.